The largest absolute Gasteiger partial charge is 0.394 e. The molecular formula is C21H23NO3. The fourth-order valence-corrected chi connectivity index (χ4v) is 3.12. The molecule has 25 heavy (non-hydrogen) atoms. The molecule has 0 radical (unpaired) electrons. The zero-order chi connectivity index (χ0) is 17.8. The van der Waals surface area contributed by atoms with E-state index in [1.807, 2.05) is 30.3 Å². The Hall–Kier alpha value is -2.46. The van der Waals surface area contributed by atoms with Gasteiger partial charge < -0.3 is 10.0 Å². The molecule has 4 heteroatoms. The number of Topliss-reactive ketones (excluding diaryl/α,β-unsaturated/α-hetero) is 1. The van der Waals surface area contributed by atoms with Gasteiger partial charge in [-0.15, -0.1) is 0 Å². The number of benzene rings is 2. The van der Waals surface area contributed by atoms with Crippen LogP contribution in [0, 0.1) is 5.92 Å². The first-order valence-electron chi connectivity index (χ1n) is 8.67. The van der Waals surface area contributed by atoms with Crippen LogP contribution in [-0.2, 0) is 6.54 Å². The lowest BCUT2D eigenvalue weighted by Gasteiger charge is -2.31. The molecule has 1 fully saturated rings. The van der Waals surface area contributed by atoms with Crippen LogP contribution in [0.5, 0.6) is 0 Å². The first kappa shape index (κ1) is 17.4. The second kappa shape index (κ2) is 7.62. The molecule has 1 unspecified atom stereocenters. The Labute approximate surface area is 148 Å². The fourth-order valence-electron chi connectivity index (χ4n) is 3.12. The summed E-state index contributed by atoms with van der Waals surface area (Å²) >= 11 is 0. The Balaban J connectivity index is 1.86. The Kier molecular flexibility index (Phi) is 5.29. The summed E-state index contributed by atoms with van der Waals surface area (Å²) in [6.07, 6.45) is 2.10. The van der Waals surface area contributed by atoms with Gasteiger partial charge in [-0.3, -0.25) is 9.59 Å². The first-order valence-corrected chi connectivity index (χ1v) is 8.67. The zero-order valence-corrected chi connectivity index (χ0v) is 14.4. The van der Waals surface area contributed by atoms with E-state index in [0.29, 0.717) is 23.6 Å². The van der Waals surface area contributed by atoms with Crippen LogP contribution in [0.3, 0.4) is 0 Å². The second-order valence-corrected chi connectivity index (χ2v) is 6.64. The van der Waals surface area contributed by atoms with E-state index < -0.39 is 0 Å². The molecule has 1 N–H and O–H groups in total. The van der Waals surface area contributed by atoms with Gasteiger partial charge in [-0.05, 0) is 43.4 Å². The summed E-state index contributed by atoms with van der Waals surface area (Å²) in [5.74, 6) is 0.241. The average Bonchev–Trinajstić information content (AvgIpc) is 3.47. The molecule has 1 atom stereocenters. The van der Waals surface area contributed by atoms with E-state index in [4.69, 9.17) is 0 Å². The number of ketones is 1. The van der Waals surface area contributed by atoms with Crippen molar-refractivity contribution in [2.24, 2.45) is 5.92 Å². The van der Waals surface area contributed by atoms with Crippen molar-refractivity contribution in [3.05, 3.63) is 71.3 Å². The number of carbonyl (C=O) groups excluding carboxylic acids is 2. The van der Waals surface area contributed by atoms with E-state index in [2.05, 4.69) is 0 Å². The number of hydrogen-bond acceptors (Lipinski definition) is 3. The SMILES string of the molecule is CC(=O)c1ccc(C(=O)N(Cc2ccccc2)C(CO)C2CC2)cc1. The van der Waals surface area contributed by atoms with Crippen molar-refractivity contribution in [3.8, 4) is 0 Å². The van der Waals surface area contributed by atoms with E-state index in [-0.39, 0.29) is 24.3 Å². The van der Waals surface area contributed by atoms with Crippen molar-refractivity contribution in [3.63, 3.8) is 0 Å². The highest BCUT2D eigenvalue weighted by Gasteiger charge is 2.37. The normalized spacial score (nSPS) is 14.8. The van der Waals surface area contributed by atoms with Gasteiger partial charge in [-0.2, -0.15) is 0 Å². The monoisotopic (exact) mass is 337 g/mol. The fraction of sp³-hybridized carbons (Fsp3) is 0.333. The molecule has 2 aromatic rings. The van der Waals surface area contributed by atoms with E-state index in [9.17, 15) is 14.7 Å². The number of aliphatic hydroxyl groups is 1. The van der Waals surface area contributed by atoms with Gasteiger partial charge in [0.05, 0.1) is 12.6 Å². The van der Waals surface area contributed by atoms with E-state index in [1.165, 1.54) is 6.92 Å². The lowest BCUT2D eigenvalue weighted by Crippen LogP contribution is -2.43. The molecule has 1 saturated carbocycles. The smallest absolute Gasteiger partial charge is 0.254 e. The molecule has 130 valence electrons. The highest BCUT2D eigenvalue weighted by molar-refractivity contribution is 5.97. The summed E-state index contributed by atoms with van der Waals surface area (Å²) in [5, 5.41) is 9.86. The summed E-state index contributed by atoms with van der Waals surface area (Å²) in [7, 11) is 0. The number of hydrogen-bond donors (Lipinski definition) is 1. The van der Waals surface area contributed by atoms with Crippen molar-refractivity contribution in [1.29, 1.82) is 0 Å². The third kappa shape index (κ3) is 4.15. The molecule has 1 aliphatic rings. The topological polar surface area (TPSA) is 57.6 Å². The van der Waals surface area contributed by atoms with Gasteiger partial charge in [0.25, 0.3) is 5.91 Å². The molecule has 2 aromatic carbocycles. The number of carbonyl (C=O) groups is 2. The molecule has 0 aromatic heterocycles. The molecule has 4 nitrogen and oxygen atoms in total. The molecule has 0 saturated heterocycles. The van der Waals surface area contributed by atoms with Gasteiger partial charge in [-0.1, -0.05) is 42.5 Å². The van der Waals surface area contributed by atoms with Crippen molar-refractivity contribution in [2.75, 3.05) is 6.61 Å². The van der Waals surface area contributed by atoms with Gasteiger partial charge in [-0.25, -0.2) is 0 Å². The third-order valence-corrected chi connectivity index (χ3v) is 4.75. The molecule has 1 amide bonds. The highest BCUT2D eigenvalue weighted by Crippen LogP contribution is 2.36. The summed E-state index contributed by atoms with van der Waals surface area (Å²) in [6, 6.07) is 16.4. The van der Waals surface area contributed by atoms with Crippen molar-refractivity contribution >= 4 is 11.7 Å². The second-order valence-electron chi connectivity index (χ2n) is 6.64. The predicted octanol–water partition coefficient (Wildman–Crippen LogP) is 3.30. The van der Waals surface area contributed by atoms with Crippen molar-refractivity contribution in [2.45, 2.75) is 32.4 Å². The van der Waals surface area contributed by atoms with Crippen molar-refractivity contribution < 1.29 is 14.7 Å². The van der Waals surface area contributed by atoms with Gasteiger partial charge in [0.1, 0.15) is 0 Å². The Morgan fingerprint density at radius 3 is 2.16 bits per heavy atom. The summed E-state index contributed by atoms with van der Waals surface area (Å²) in [6.45, 7) is 1.94. The summed E-state index contributed by atoms with van der Waals surface area (Å²) in [4.78, 5) is 26.3. The standard InChI is InChI=1S/C21H23NO3/c1-15(24)17-7-11-19(12-8-17)21(25)22(20(14-23)18-9-10-18)13-16-5-3-2-4-6-16/h2-8,11-12,18,20,23H,9-10,13-14H2,1H3. The van der Waals surface area contributed by atoms with Crippen LogP contribution in [0.15, 0.2) is 54.6 Å². The van der Waals surface area contributed by atoms with Crippen LogP contribution in [0.25, 0.3) is 0 Å². The Morgan fingerprint density at radius 1 is 1.04 bits per heavy atom. The lowest BCUT2D eigenvalue weighted by molar-refractivity contribution is 0.0531. The number of amides is 1. The zero-order valence-electron chi connectivity index (χ0n) is 14.4. The highest BCUT2D eigenvalue weighted by atomic mass is 16.3. The lowest BCUT2D eigenvalue weighted by atomic mass is 10.0. The van der Waals surface area contributed by atoms with E-state index >= 15 is 0 Å². The van der Waals surface area contributed by atoms with Crippen LogP contribution >= 0.6 is 0 Å². The van der Waals surface area contributed by atoms with Crippen LogP contribution in [0.4, 0.5) is 0 Å². The molecule has 0 heterocycles. The summed E-state index contributed by atoms with van der Waals surface area (Å²) in [5.41, 5.74) is 2.17. The molecule has 1 aliphatic carbocycles. The van der Waals surface area contributed by atoms with Crippen LogP contribution in [0.2, 0.25) is 0 Å². The minimum absolute atomic E-state index is 0.0219. The maximum Gasteiger partial charge on any atom is 0.254 e. The van der Waals surface area contributed by atoms with E-state index in [1.54, 1.807) is 29.2 Å². The van der Waals surface area contributed by atoms with Gasteiger partial charge >= 0.3 is 0 Å². The van der Waals surface area contributed by atoms with Gasteiger partial charge in [0.2, 0.25) is 0 Å². The number of nitrogens with zero attached hydrogens (tertiary/aromatic N) is 1. The van der Waals surface area contributed by atoms with E-state index in [0.717, 1.165) is 18.4 Å². The van der Waals surface area contributed by atoms with Gasteiger partial charge in [0, 0.05) is 17.7 Å². The molecular weight excluding hydrogens is 314 g/mol. The Bertz CT molecular complexity index is 735. The average molecular weight is 337 g/mol. The molecule has 0 spiro atoms. The Morgan fingerprint density at radius 2 is 1.64 bits per heavy atom. The number of rotatable bonds is 7. The van der Waals surface area contributed by atoms with Crippen molar-refractivity contribution in [1.82, 2.24) is 4.90 Å². The molecule has 0 aliphatic heterocycles. The van der Waals surface area contributed by atoms with Gasteiger partial charge in [0.15, 0.2) is 5.78 Å². The van der Waals surface area contributed by atoms with Crippen LogP contribution in [0.1, 0.15) is 46.0 Å². The minimum atomic E-state index is -0.166. The first-order chi connectivity index (χ1) is 12.1. The minimum Gasteiger partial charge on any atom is -0.394 e. The predicted molar refractivity (Wildman–Crippen MR) is 96.4 cm³/mol. The van der Waals surface area contributed by atoms with Crippen LogP contribution < -0.4 is 0 Å². The quantitative estimate of drug-likeness (QED) is 0.789. The molecule has 3 rings (SSSR count). The third-order valence-electron chi connectivity index (χ3n) is 4.75. The maximum atomic E-state index is 13.1. The number of aliphatic hydroxyl groups excluding tert-OH is 1. The molecule has 0 bridgehead atoms. The van der Waals surface area contributed by atoms with Crippen LogP contribution in [-0.4, -0.2) is 34.3 Å². The summed E-state index contributed by atoms with van der Waals surface area (Å²) < 4.78 is 0. The maximum absolute atomic E-state index is 13.1.